The van der Waals surface area contributed by atoms with Gasteiger partial charge in [0, 0.05) is 12.4 Å². The SMILES string of the molecule is Cn1ncc2c(C(N)=O)cccc21. The van der Waals surface area contributed by atoms with E-state index in [2.05, 4.69) is 5.10 Å². The first-order valence-electron chi connectivity index (χ1n) is 3.90. The number of amides is 1. The van der Waals surface area contributed by atoms with Crippen LogP contribution in [0.2, 0.25) is 0 Å². The van der Waals surface area contributed by atoms with E-state index < -0.39 is 5.91 Å². The third-order valence-electron chi connectivity index (χ3n) is 2.06. The van der Waals surface area contributed by atoms with Crippen molar-refractivity contribution in [2.24, 2.45) is 12.8 Å². The topological polar surface area (TPSA) is 60.9 Å². The molecule has 2 rings (SSSR count). The minimum atomic E-state index is -0.418. The average molecular weight is 175 g/mol. The molecule has 0 radical (unpaired) electrons. The molecule has 1 amide bonds. The molecule has 4 nitrogen and oxygen atoms in total. The quantitative estimate of drug-likeness (QED) is 0.692. The maximum atomic E-state index is 11.0. The van der Waals surface area contributed by atoms with Gasteiger partial charge in [0.2, 0.25) is 5.91 Å². The van der Waals surface area contributed by atoms with Crippen molar-refractivity contribution in [1.82, 2.24) is 9.78 Å². The third-order valence-corrected chi connectivity index (χ3v) is 2.06. The number of rotatable bonds is 1. The summed E-state index contributed by atoms with van der Waals surface area (Å²) in [5.74, 6) is -0.418. The van der Waals surface area contributed by atoms with Gasteiger partial charge in [0.25, 0.3) is 0 Å². The van der Waals surface area contributed by atoms with Crippen molar-refractivity contribution in [2.75, 3.05) is 0 Å². The Hall–Kier alpha value is -1.84. The van der Waals surface area contributed by atoms with Gasteiger partial charge in [-0.1, -0.05) is 6.07 Å². The molecule has 0 atom stereocenters. The Kier molecular flexibility index (Phi) is 1.55. The van der Waals surface area contributed by atoms with Crippen molar-refractivity contribution in [3.63, 3.8) is 0 Å². The molecule has 0 aliphatic carbocycles. The van der Waals surface area contributed by atoms with Gasteiger partial charge in [-0.15, -0.1) is 0 Å². The molecule has 2 N–H and O–H groups in total. The van der Waals surface area contributed by atoms with Gasteiger partial charge in [0.15, 0.2) is 0 Å². The van der Waals surface area contributed by atoms with Crippen LogP contribution < -0.4 is 5.73 Å². The van der Waals surface area contributed by atoms with Crippen molar-refractivity contribution in [2.45, 2.75) is 0 Å². The Morgan fingerprint density at radius 1 is 1.54 bits per heavy atom. The molecule has 0 unspecified atom stereocenters. The molecule has 0 bridgehead atoms. The van der Waals surface area contributed by atoms with Crippen molar-refractivity contribution >= 4 is 16.8 Å². The summed E-state index contributed by atoms with van der Waals surface area (Å²) in [4.78, 5) is 11.0. The van der Waals surface area contributed by atoms with E-state index >= 15 is 0 Å². The van der Waals surface area contributed by atoms with Gasteiger partial charge in [-0.3, -0.25) is 9.48 Å². The van der Waals surface area contributed by atoms with Crippen LogP contribution in [-0.2, 0) is 7.05 Å². The summed E-state index contributed by atoms with van der Waals surface area (Å²) in [6, 6.07) is 5.39. The summed E-state index contributed by atoms with van der Waals surface area (Å²) >= 11 is 0. The van der Waals surface area contributed by atoms with E-state index in [1.807, 2.05) is 13.1 Å². The van der Waals surface area contributed by atoms with Gasteiger partial charge < -0.3 is 5.73 Å². The Labute approximate surface area is 75.0 Å². The Bertz CT molecular complexity index is 473. The second-order valence-corrected chi connectivity index (χ2v) is 2.87. The van der Waals surface area contributed by atoms with Gasteiger partial charge in [-0.05, 0) is 12.1 Å². The highest BCUT2D eigenvalue weighted by atomic mass is 16.1. The molecule has 66 valence electrons. The van der Waals surface area contributed by atoms with Crippen LogP contribution in [0.3, 0.4) is 0 Å². The fraction of sp³-hybridized carbons (Fsp3) is 0.111. The second kappa shape index (κ2) is 2.58. The Morgan fingerprint density at radius 2 is 2.31 bits per heavy atom. The summed E-state index contributed by atoms with van der Waals surface area (Å²) in [6.45, 7) is 0. The average Bonchev–Trinajstić information content (AvgIpc) is 2.48. The molecule has 0 fully saturated rings. The van der Waals surface area contributed by atoms with Crippen LogP contribution in [0, 0.1) is 0 Å². The molecule has 0 aliphatic heterocycles. The standard InChI is InChI=1S/C9H9N3O/c1-12-8-4-2-3-6(9(10)13)7(8)5-11-12/h2-5H,1H3,(H2,10,13). The summed E-state index contributed by atoms with van der Waals surface area (Å²) in [5, 5.41) is 4.85. The van der Waals surface area contributed by atoms with E-state index in [0.29, 0.717) is 5.56 Å². The molecule has 0 spiro atoms. The summed E-state index contributed by atoms with van der Waals surface area (Å²) in [7, 11) is 1.83. The highest BCUT2D eigenvalue weighted by Gasteiger charge is 2.07. The number of nitrogens with two attached hydrogens (primary N) is 1. The number of carbonyl (C=O) groups is 1. The lowest BCUT2D eigenvalue weighted by atomic mass is 10.1. The Balaban J connectivity index is 2.84. The zero-order chi connectivity index (χ0) is 9.42. The van der Waals surface area contributed by atoms with Crippen LogP contribution in [0.4, 0.5) is 0 Å². The lowest BCUT2D eigenvalue weighted by molar-refractivity contribution is 0.100. The maximum absolute atomic E-state index is 11.0. The van der Waals surface area contributed by atoms with Crippen LogP contribution in [0.25, 0.3) is 10.9 Å². The minimum Gasteiger partial charge on any atom is -0.366 e. The van der Waals surface area contributed by atoms with E-state index in [-0.39, 0.29) is 0 Å². The molecule has 13 heavy (non-hydrogen) atoms. The minimum absolute atomic E-state index is 0.418. The zero-order valence-corrected chi connectivity index (χ0v) is 7.19. The molecule has 1 heterocycles. The van der Waals surface area contributed by atoms with Crippen molar-refractivity contribution in [1.29, 1.82) is 0 Å². The van der Waals surface area contributed by atoms with Crippen molar-refractivity contribution in [3.8, 4) is 0 Å². The third kappa shape index (κ3) is 1.07. The number of primary amides is 1. The predicted octanol–water partition coefficient (Wildman–Crippen LogP) is 0.672. The van der Waals surface area contributed by atoms with E-state index in [9.17, 15) is 4.79 Å². The van der Waals surface area contributed by atoms with Gasteiger partial charge in [0.05, 0.1) is 17.3 Å². The summed E-state index contributed by atoms with van der Waals surface area (Å²) in [6.07, 6.45) is 1.65. The van der Waals surface area contributed by atoms with Gasteiger partial charge in [-0.2, -0.15) is 5.10 Å². The number of hydrogen-bond acceptors (Lipinski definition) is 2. The fourth-order valence-electron chi connectivity index (χ4n) is 1.39. The smallest absolute Gasteiger partial charge is 0.249 e. The van der Waals surface area contributed by atoms with E-state index in [0.717, 1.165) is 10.9 Å². The van der Waals surface area contributed by atoms with Crippen LogP contribution in [0.1, 0.15) is 10.4 Å². The lowest BCUT2D eigenvalue weighted by Gasteiger charge is -1.97. The number of carbonyl (C=O) groups excluding carboxylic acids is 1. The lowest BCUT2D eigenvalue weighted by Crippen LogP contribution is -2.10. The number of nitrogens with zero attached hydrogens (tertiary/aromatic N) is 2. The van der Waals surface area contributed by atoms with Crippen molar-refractivity contribution in [3.05, 3.63) is 30.0 Å². The molecule has 2 aromatic rings. The summed E-state index contributed by atoms with van der Waals surface area (Å²) < 4.78 is 1.71. The number of aromatic nitrogens is 2. The van der Waals surface area contributed by atoms with Gasteiger partial charge in [0.1, 0.15) is 0 Å². The van der Waals surface area contributed by atoms with Crippen LogP contribution in [0.5, 0.6) is 0 Å². The summed E-state index contributed by atoms with van der Waals surface area (Å²) in [5.41, 5.74) is 6.65. The van der Waals surface area contributed by atoms with Gasteiger partial charge >= 0.3 is 0 Å². The monoisotopic (exact) mass is 175 g/mol. The van der Waals surface area contributed by atoms with Crippen molar-refractivity contribution < 1.29 is 4.79 Å². The first-order chi connectivity index (χ1) is 6.20. The first kappa shape index (κ1) is 7.79. The predicted molar refractivity (Wildman–Crippen MR) is 49.2 cm³/mol. The molecular weight excluding hydrogens is 166 g/mol. The van der Waals surface area contributed by atoms with Crippen LogP contribution in [-0.4, -0.2) is 15.7 Å². The van der Waals surface area contributed by atoms with E-state index in [1.165, 1.54) is 0 Å². The van der Waals surface area contributed by atoms with E-state index in [1.54, 1.807) is 23.0 Å². The molecular formula is C9H9N3O. The van der Waals surface area contributed by atoms with Crippen LogP contribution in [0.15, 0.2) is 24.4 Å². The largest absolute Gasteiger partial charge is 0.366 e. The Morgan fingerprint density at radius 3 is 3.00 bits per heavy atom. The molecule has 0 saturated carbocycles. The van der Waals surface area contributed by atoms with Gasteiger partial charge in [-0.25, -0.2) is 0 Å². The molecule has 1 aromatic heterocycles. The molecule has 0 saturated heterocycles. The molecule has 0 aliphatic rings. The fourth-order valence-corrected chi connectivity index (χ4v) is 1.39. The normalized spacial score (nSPS) is 10.5. The van der Waals surface area contributed by atoms with E-state index in [4.69, 9.17) is 5.73 Å². The highest BCUT2D eigenvalue weighted by Crippen LogP contribution is 2.16. The van der Waals surface area contributed by atoms with Crippen LogP contribution >= 0.6 is 0 Å². The number of fused-ring (bicyclic) bond motifs is 1. The maximum Gasteiger partial charge on any atom is 0.249 e. The highest BCUT2D eigenvalue weighted by molar-refractivity contribution is 6.05. The zero-order valence-electron chi connectivity index (χ0n) is 7.19. The first-order valence-corrected chi connectivity index (χ1v) is 3.90. The molecule has 1 aromatic carbocycles. The number of benzene rings is 1. The second-order valence-electron chi connectivity index (χ2n) is 2.87. The molecule has 4 heteroatoms. The number of aryl methyl sites for hydroxylation is 1. The number of hydrogen-bond donors (Lipinski definition) is 1.